The average molecular weight is 503 g/mol. The predicted molar refractivity (Wildman–Crippen MR) is 131 cm³/mol. The second kappa shape index (κ2) is 12.3. The lowest BCUT2D eigenvalue weighted by Gasteiger charge is -2.21. The molecule has 11 nitrogen and oxygen atoms in total. The van der Waals surface area contributed by atoms with E-state index in [0.29, 0.717) is 5.69 Å². The number of aliphatic hydroxyl groups excluding tert-OH is 1. The van der Waals surface area contributed by atoms with Gasteiger partial charge < -0.3 is 30.7 Å². The SMILES string of the molecule is C[C@H](NC(=O)CCN1C(=O)C=CC1O)C(=O)N[C@@H](C)C(=O)Nc1ccc(COC(=O)C(C)(C)C)cc1. The Bertz CT molecular complexity index is 1010. The molecule has 4 amide bonds. The molecule has 11 heteroatoms. The molecule has 0 saturated heterocycles. The smallest absolute Gasteiger partial charge is 0.311 e. The lowest BCUT2D eigenvalue weighted by Crippen LogP contribution is -2.50. The van der Waals surface area contributed by atoms with Crippen LogP contribution in [0, 0.1) is 5.41 Å². The summed E-state index contributed by atoms with van der Waals surface area (Å²) in [4.78, 5) is 61.5. The Morgan fingerprint density at radius 1 is 1.03 bits per heavy atom. The molecule has 0 aromatic heterocycles. The maximum absolute atomic E-state index is 12.5. The van der Waals surface area contributed by atoms with Crippen molar-refractivity contribution >= 4 is 35.3 Å². The van der Waals surface area contributed by atoms with Gasteiger partial charge in [-0.05, 0) is 58.4 Å². The number of rotatable bonds is 10. The second-order valence-corrected chi connectivity index (χ2v) is 9.59. The zero-order valence-electron chi connectivity index (χ0n) is 21.2. The molecule has 4 N–H and O–H groups in total. The third kappa shape index (κ3) is 8.49. The van der Waals surface area contributed by atoms with E-state index in [9.17, 15) is 29.1 Å². The van der Waals surface area contributed by atoms with Gasteiger partial charge in [0.25, 0.3) is 0 Å². The largest absolute Gasteiger partial charge is 0.460 e. The van der Waals surface area contributed by atoms with E-state index < -0.39 is 41.4 Å². The number of benzene rings is 1. The van der Waals surface area contributed by atoms with Crippen LogP contribution in [0.2, 0.25) is 0 Å². The van der Waals surface area contributed by atoms with E-state index in [0.717, 1.165) is 10.5 Å². The maximum atomic E-state index is 12.5. The number of nitrogens with one attached hydrogen (secondary N) is 3. The highest BCUT2D eigenvalue weighted by atomic mass is 16.5. The van der Waals surface area contributed by atoms with Crippen molar-refractivity contribution in [2.75, 3.05) is 11.9 Å². The number of nitrogens with zero attached hydrogens (tertiary/aromatic N) is 1. The summed E-state index contributed by atoms with van der Waals surface area (Å²) in [6, 6.07) is 4.96. The first kappa shape index (κ1) is 28.5. The van der Waals surface area contributed by atoms with E-state index in [2.05, 4.69) is 16.0 Å². The van der Waals surface area contributed by atoms with Gasteiger partial charge in [-0.15, -0.1) is 0 Å². The van der Waals surface area contributed by atoms with Crippen molar-refractivity contribution in [3.8, 4) is 0 Å². The Morgan fingerprint density at radius 3 is 2.19 bits per heavy atom. The van der Waals surface area contributed by atoms with Crippen molar-refractivity contribution in [3.63, 3.8) is 0 Å². The number of carbonyl (C=O) groups excluding carboxylic acids is 5. The Hall–Kier alpha value is -3.73. The van der Waals surface area contributed by atoms with Crippen molar-refractivity contribution in [1.82, 2.24) is 15.5 Å². The first-order valence-corrected chi connectivity index (χ1v) is 11.6. The van der Waals surface area contributed by atoms with Crippen LogP contribution in [0.1, 0.15) is 46.6 Å². The molecule has 196 valence electrons. The maximum Gasteiger partial charge on any atom is 0.311 e. The normalized spacial score (nSPS) is 16.8. The molecule has 1 aromatic rings. The minimum Gasteiger partial charge on any atom is -0.460 e. The van der Waals surface area contributed by atoms with Gasteiger partial charge in [-0.3, -0.25) is 24.0 Å². The number of ether oxygens (including phenoxy) is 1. The monoisotopic (exact) mass is 502 g/mol. The van der Waals surface area contributed by atoms with Gasteiger partial charge in [0.15, 0.2) is 0 Å². The van der Waals surface area contributed by atoms with Gasteiger partial charge in [0, 0.05) is 24.7 Å². The molecule has 1 aliphatic rings. The Labute approximate surface area is 210 Å². The van der Waals surface area contributed by atoms with E-state index in [1.807, 2.05) is 0 Å². The summed E-state index contributed by atoms with van der Waals surface area (Å²) < 4.78 is 5.26. The van der Waals surface area contributed by atoms with Crippen LogP contribution in [0.4, 0.5) is 5.69 Å². The van der Waals surface area contributed by atoms with Crippen LogP contribution >= 0.6 is 0 Å². The second-order valence-electron chi connectivity index (χ2n) is 9.59. The van der Waals surface area contributed by atoms with E-state index >= 15 is 0 Å². The highest BCUT2D eigenvalue weighted by Crippen LogP contribution is 2.17. The minimum atomic E-state index is -1.06. The molecular weight excluding hydrogens is 468 g/mol. The van der Waals surface area contributed by atoms with Crippen LogP contribution in [0.15, 0.2) is 36.4 Å². The van der Waals surface area contributed by atoms with E-state index in [1.54, 1.807) is 45.0 Å². The fourth-order valence-corrected chi connectivity index (χ4v) is 3.05. The zero-order chi connectivity index (χ0) is 27.0. The molecular formula is C25H34N4O7. The van der Waals surface area contributed by atoms with E-state index in [1.165, 1.54) is 26.0 Å². The zero-order valence-corrected chi connectivity index (χ0v) is 21.2. The van der Waals surface area contributed by atoms with Crippen LogP contribution in [-0.2, 0) is 35.3 Å². The first-order chi connectivity index (χ1) is 16.8. The van der Waals surface area contributed by atoms with Crippen LogP contribution < -0.4 is 16.0 Å². The highest BCUT2D eigenvalue weighted by molar-refractivity contribution is 5.98. The fourth-order valence-electron chi connectivity index (χ4n) is 3.05. The summed E-state index contributed by atoms with van der Waals surface area (Å²) in [5.74, 6) is -2.19. The third-order valence-corrected chi connectivity index (χ3v) is 5.32. The van der Waals surface area contributed by atoms with Gasteiger partial charge in [-0.2, -0.15) is 0 Å². The summed E-state index contributed by atoms with van der Waals surface area (Å²) in [5.41, 5.74) is 0.669. The number of anilines is 1. The molecule has 2 rings (SSSR count). The van der Waals surface area contributed by atoms with Crippen LogP contribution in [-0.4, -0.2) is 64.5 Å². The highest BCUT2D eigenvalue weighted by Gasteiger charge is 2.26. The molecule has 0 bridgehead atoms. The first-order valence-electron chi connectivity index (χ1n) is 11.6. The summed E-state index contributed by atoms with van der Waals surface area (Å²) in [6.07, 6.45) is 1.39. The van der Waals surface area contributed by atoms with Crippen molar-refractivity contribution in [2.24, 2.45) is 5.41 Å². The molecule has 36 heavy (non-hydrogen) atoms. The number of esters is 1. The van der Waals surface area contributed by atoms with Gasteiger partial charge in [-0.25, -0.2) is 0 Å². The molecule has 0 radical (unpaired) electrons. The van der Waals surface area contributed by atoms with E-state index in [-0.39, 0.29) is 31.4 Å². The summed E-state index contributed by atoms with van der Waals surface area (Å²) in [6.45, 7) is 8.41. The number of hydrogen-bond donors (Lipinski definition) is 4. The summed E-state index contributed by atoms with van der Waals surface area (Å²) in [7, 11) is 0. The van der Waals surface area contributed by atoms with Gasteiger partial charge >= 0.3 is 5.97 Å². The molecule has 1 heterocycles. The Balaban J connectivity index is 1.75. The van der Waals surface area contributed by atoms with Crippen LogP contribution in [0.25, 0.3) is 0 Å². The van der Waals surface area contributed by atoms with Crippen LogP contribution in [0.3, 0.4) is 0 Å². The molecule has 3 atom stereocenters. The van der Waals surface area contributed by atoms with Gasteiger partial charge in [0.2, 0.25) is 23.6 Å². The van der Waals surface area contributed by atoms with Crippen molar-refractivity contribution in [1.29, 1.82) is 0 Å². The summed E-state index contributed by atoms with van der Waals surface area (Å²) >= 11 is 0. The quantitative estimate of drug-likeness (QED) is 0.346. The predicted octanol–water partition coefficient (Wildman–Crippen LogP) is 0.831. The molecule has 1 unspecified atom stereocenters. The van der Waals surface area contributed by atoms with Crippen LogP contribution in [0.5, 0.6) is 0 Å². The molecule has 0 fully saturated rings. The molecule has 0 aliphatic carbocycles. The van der Waals surface area contributed by atoms with Gasteiger partial charge in [-0.1, -0.05) is 12.1 Å². The van der Waals surface area contributed by atoms with Crippen molar-refractivity contribution < 1.29 is 33.8 Å². The lowest BCUT2D eigenvalue weighted by atomic mass is 9.97. The molecule has 0 spiro atoms. The number of carbonyl (C=O) groups is 5. The van der Waals surface area contributed by atoms with Gasteiger partial charge in [0.05, 0.1) is 5.41 Å². The third-order valence-electron chi connectivity index (χ3n) is 5.32. The van der Waals surface area contributed by atoms with Crippen molar-refractivity contribution in [3.05, 3.63) is 42.0 Å². The van der Waals surface area contributed by atoms with E-state index in [4.69, 9.17) is 4.74 Å². The van der Waals surface area contributed by atoms with Crippen molar-refractivity contribution in [2.45, 2.75) is 66.0 Å². The topological polar surface area (TPSA) is 154 Å². The number of amides is 4. The lowest BCUT2D eigenvalue weighted by molar-refractivity contribution is -0.154. The fraction of sp³-hybridized carbons (Fsp3) is 0.480. The Kier molecular flexibility index (Phi) is 9.74. The average Bonchev–Trinajstić information content (AvgIpc) is 3.13. The Morgan fingerprint density at radius 2 is 1.64 bits per heavy atom. The molecule has 1 aliphatic heterocycles. The van der Waals surface area contributed by atoms with Gasteiger partial charge in [0.1, 0.15) is 24.9 Å². The number of hydrogen-bond acceptors (Lipinski definition) is 7. The summed E-state index contributed by atoms with van der Waals surface area (Å²) in [5, 5.41) is 17.4. The standard InChI is InChI=1S/C25H34N4O7/c1-15(26-19(30)12-13-29-20(31)10-11-21(29)32)22(33)27-16(2)23(34)28-18-8-6-17(7-9-18)14-36-24(35)25(3,4)5/h6-11,15-16,20,31H,12-14H2,1-5H3,(H,26,30)(H,27,33)(H,28,34)/t15-,16-,20?/m0/s1. The minimum absolute atomic E-state index is 0.00376. The molecule has 0 saturated carbocycles. The number of aliphatic hydroxyl groups is 1. The molecule has 1 aromatic carbocycles.